The minimum absolute atomic E-state index is 0.194. The molecule has 0 fully saturated rings. The standard InChI is InChI=1S/2CH3NS2.2H3O3PS/c2*2-1(3)4;2*1-4(2,3)5/h2*(H3,2,3,4);2*(H3,1,2,3,5). The maximum Gasteiger partial charge on any atom is 0.319 e. The first-order valence-corrected chi connectivity index (χ1v) is 10.0. The first-order chi connectivity index (χ1) is 7.46. The van der Waals surface area contributed by atoms with E-state index in [4.69, 9.17) is 40.8 Å². The summed E-state index contributed by atoms with van der Waals surface area (Å²) in [6, 6.07) is 0. The van der Waals surface area contributed by atoms with E-state index in [1.807, 2.05) is 0 Å². The lowest BCUT2D eigenvalue weighted by Crippen LogP contribution is -1.94. The molecule has 18 heavy (non-hydrogen) atoms. The molecule has 0 heterocycles. The minimum atomic E-state index is -3.81. The zero-order valence-electron chi connectivity index (χ0n) is 8.26. The van der Waals surface area contributed by atoms with Gasteiger partial charge in [0.15, 0.2) is 0 Å². The molecule has 0 saturated carbocycles. The summed E-state index contributed by atoms with van der Waals surface area (Å²) in [6.07, 6.45) is 0. The van der Waals surface area contributed by atoms with Crippen molar-refractivity contribution in [3.63, 3.8) is 0 Å². The molecule has 0 aromatic rings. The lowest BCUT2D eigenvalue weighted by molar-refractivity contribution is 0.361. The fourth-order valence-electron chi connectivity index (χ4n) is 0. The Kier molecular flexibility index (Phi) is 23.1. The summed E-state index contributed by atoms with van der Waals surface area (Å²) in [5.74, 6) is 0. The van der Waals surface area contributed by atoms with Gasteiger partial charge in [-0.2, -0.15) is 0 Å². The maximum atomic E-state index is 7.56. The molecule has 0 aliphatic heterocycles. The molecule has 16 heteroatoms. The second kappa shape index (κ2) is 14.9. The van der Waals surface area contributed by atoms with E-state index >= 15 is 0 Å². The lowest BCUT2D eigenvalue weighted by atomic mass is 11.5. The van der Waals surface area contributed by atoms with Crippen LogP contribution in [0.4, 0.5) is 0 Å². The van der Waals surface area contributed by atoms with Crippen LogP contribution in [0.25, 0.3) is 0 Å². The number of hydrogen-bond donors (Lipinski definition) is 10. The van der Waals surface area contributed by atoms with Crippen molar-refractivity contribution in [1.82, 2.24) is 0 Å². The Morgan fingerprint density at radius 3 is 0.722 bits per heavy atom. The van der Waals surface area contributed by atoms with Crippen LogP contribution in [0.2, 0.25) is 0 Å². The summed E-state index contributed by atoms with van der Waals surface area (Å²) in [5, 5.41) is 0. The summed E-state index contributed by atoms with van der Waals surface area (Å²) in [7, 11) is 0. The van der Waals surface area contributed by atoms with Crippen LogP contribution in [0, 0.1) is 0 Å². The molecular formula is C2H12N2O6P2S6. The molecule has 0 saturated heterocycles. The largest absolute Gasteiger partial charge is 0.385 e. The van der Waals surface area contributed by atoms with E-state index in [9.17, 15) is 0 Å². The minimum Gasteiger partial charge on any atom is -0.385 e. The molecule has 8 nitrogen and oxygen atoms in total. The summed E-state index contributed by atoms with van der Waals surface area (Å²) in [6.45, 7) is -7.61. The fourth-order valence-corrected chi connectivity index (χ4v) is 0. The first kappa shape index (κ1) is 27.8. The van der Waals surface area contributed by atoms with Gasteiger partial charge in [-0.25, -0.2) is 0 Å². The van der Waals surface area contributed by atoms with Crippen LogP contribution in [0.1, 0.15) is 0 Å². The summed E-state index contributed by atoms with van der Waals surface area (Å²) < 4.78 is 0.389. The fraction of sp³-hybridized carbons (Fsp3) is 0. The van der Waals surface area contributed by atoms with Crippen LogP contribution in [0.15, 0.2) is 0 Å². The molecule has 112 valence electrons. The zero-order chi connectivity index (χ0) is 16.2. The van der Waals surface area contributed by atoms with Crippen molar-refractivity contribution in [3.8, 4) is 0 Å². The Balaban J connectivity index is -0.0000000731. The molecular weight excluding hydrogens is 402 g/mol. The normalized spacial score (nSPS) is 9.33. The van der Waals surface area contributed by atoms with Crippen LogP contribution in [-0.4, -0.2) is 38.0 Å². The Morgan fingerprint density at radius 2 is 0.722 bits per heavy atom. The van der Waals surface area contributed by atoms with Gasteiger partial charge in [-0.15, -0.1) is 25.3 Å². The van der Waals surface area contributed by atoms with Crippen molar-refractivity contribution < 1.29 is 29.4 Å². The molecule has 0 aromatic heterocycles. The highest BCUT2D eigenvalue weighted by Gasteiger charge is 1.92. The third-order valence-corrected chi connectivity index (χ3v) is 0. The zero-order valence-corrected chi connectivity index (χ0v) is 15.1. The van der Waals surface area contributed by atoms with Crippen LogP contribution in [0.3, 0.4) is 0 Å². The molecule has 0 unspecified atom stereocenters. The van der Waals surface area contributed by atoms with Crippen molar-refractivity contribution in [2.45, 2.75) is 0 Å². The average Bonchev–Trinajstić information content (AvgIpc) is 1.70. The third kappa shape index (κ3) is 2020. The Hall–Kier alpha value is 1.54. The van der Waals surface area contributed by atoms with E-state index in [0.717, 1.165) is 0 Å². The van der Waals surface area contributed by atoms with Crippen molar-refractivity contribution in [3.05, 3.63) is 0 Å². The van der Waals surface area contributed by atoms with Gasteiger partial charge in [-0.05, 0) is 23.6 Å². The predicted octanol–water partition coefficient (Wildman–Crippen LogP) is -1.30. The summed E-state index contributed by atoms with van der Waals surface area (Å²) in [4.78, 5) is 45.3. The van der Waals surface area contributed by atoms with E-state index in [0.29, 0.717) is 0 Å². The van der Waals surface area contributed by atoms with Crippen LogP contribution >= 0.6 is 63.1 Å². The van der Waals surface area contributed by atoms with Gasteiger partial charge in [-0.3, -0.25) is 0 Å². The first-order valence-electron chi connectivity index (χ1n) is 3.00. The Morgan fingerprint density at radius 1 is 0.722 bits per heavy atom. The molecule has 0 atom stereocenters. The summed E-state index contributed by atoms with van der Waals surface area (Å²) >= 11 is 22.5. The van der Waals surface area contributed by atoms with Crippen molar-refractivity contribution in [2.24, 2.45) is 11.5 Å². The highest BCUT2D eigenvalue weighted by Crippen LogP contribution is 2.26. The molecule has 0 rings (SSSR count). The molecule has 0 bridgehead atoms. The van der Waals surface area contributed by atoms with E-state index in [1.165, 1.54) is 0 Å². The average molecular weight is 414 g/mol. The van der Waals surface area contributed by atoms with E-state index < -0.39 is 13.4 Å². The van der Waals surface area contributed by atoms with Gasteiger partial charge in [-0.1, -0.05) is 24.4 Å². The van der Waals surface area contributed by atoms with E-state index in [1.54, 1.807) is 0 Å². The van der Waals surface area contributed by atoms with Crippen LogP contribution in [-0.2, 0) is 23.6 Å². The van der Waals surface area contributed by atoms with Gasteiger partial charge in [0.1, 0.15) is 8.64 Å². The molecule has 0 spiro atoms. The Labute approximate surface area is 135 Å². The van der Waals surface area contributed by atoms with Gasteiger partial charge in [0, 0.05) is 0 Å². The quantitative estimate of drug-likeness (QED) is 0.129. The maximum absolute atomic E-state index is 7.56. The Bertz CT molecular complexity index is 270. The van der Waals surface area contributed by atoms with Gasteiger partial charge in [0.05, 0.1) is 0 Å². The SMILES string of the molecule is NC(=S)S.NC(=S)S.OP(O)(O)=S.OP(O)(O)=S. The number of hydrogen-bond acceptors (Lipinski definition) is 4. The number of thiol groups is 2. The van der Waals surface area contributed by atoms with Crippen molar-refractivity contribution in [1.29, 1.82) is 0 Å². The lowest BCUT2D eigenvalue weighted by Gasteiger charge is -1.88. The third-order valence-electron chi connectivity index (χ3n) is 0. The molecule has 0 aromatic carbocycles. The number of nitrogens with two attached hydrogens (primary N) is 2. The molecule has 0 amide bonds. The van der Waals surface area contributed by atoms with E-state index in [-0.39, 0.29) is 8.64 Å². The highest BCUT2D eigenvalue weighted by molar-refractivity contribution is 8.11. The smallest absolute Gasteiger partial charge is 0.319 e. The van der Waals surface area contributed by atoms with Gasteiger partial charge in [0.25, 0.3) is 0 Å². The van der Waals surface area contributed by atoms with Crippen LogP contribution in [0.5, 0.6) is 0 Å². The monoisotopic (exact) mass is 414 g/mol. The second-order valence-corrected chi connectivity index (χ2v) is 9.14. The van der Waals surface area contributed by atoms with Gasteiger partial charge >= 0.3 is 13.4 Å². The molecule has 0 aliphatic rings. The predicted molar refractivity (Wildman–Crippen MR) is 93.4 cm³/mol. The second-order valence-electron chi connectivity index (χ2n) is 1.70. The van der Waals surface area contributed by atoms with Gasteiger partial charge in [0.2, 0.25) is 0 Å². The van der Waals surface area contributed by atoms with Gasteiger partial charge < -0.3 is 40.8 Å². The molecule has 0 aliphatic carbocycles. The van der Waals surface area contributed by atoms with Crippen LogP contribution < -0.4 is 11.5 Å². The number of thiocarbonyl (C=S) groups is 2. The highest BCUT2D eigenvalue weighted by atomic mass is 32.5. The topological polar surface area (TPSA) is 173 Å². The van der Waals surface area contributed by atoms with Crippen molar-refractivity contribution in [2.75, 3.05) is 0 Å². The molecule has 10 N–H and O–H groups in total. The van der Waals surface area contributed by atoms with E-state index in [2.05, 4.69) is 73.3 Å². The molecule has 0 radical (unpaired) electrons. The van der Waals surface area contributed by atoms with Crippen molar-refractivity contribution >= 4 is 95.4 Å². The number of rotatable bonds is 0. The summed E-state index contributed by atoms with van der Waals surface area (Å²) in [5.41, 5.74) is 9.41.